The zero-order chi connectivity index (χ0) is 14.5. The number of carbonyl (C=O) groups excluding carboxylic acids is 1. The zero-order valence-electron chi connectivity index (χ0n) is 12.2. The fraction of sp³-hybridized carbons (Fsp3) is 0.533. The minimum absolute atomic E-state index is 0.217. The first-order chi connectivity index (χ1) is 8.87. The molecule has 0 aliphatic heterocycles. The number of amides is 1. The minimum atomic E-state index is -0.506. The maximum atomic E-state index is 11.8. The number of carbonyl (C=O) groups is 1. The summed E-state index contributed by atoms with van der Waals surface area (Å²) in [6.45, 7) is 7.94. The molecule has 4 heteroatoms. The first-order valence-corrected chi connectivity index (χ1v) is 6.64. The van der Waals surface area contributed by atoms with Crippen LogP contribution in [0.1, 0.15) is 44.9 Å². The van der Waals surface area contributed by atoms with Gasteiger partial charge in [0.25, 0.3) is 0 Å². The molecule has 19 heavy (non-hydrogen) atoms. The largest absolute Gasteiger partial charge is 0.444 e. The van der Waals surface area contributed by atoms with Crippen molar-refractivity contribution in [3.05, 3.63) is 35.4 Å². The predicted octanol–water partition coefficient (Wildman–Crippen LogP) is 2.77. The fourth-order valence-corrected chi connectivity index (χ4v) is 1.91. The Kier molecular flexibility index (Phi) is 5.36. The number of alkyl carbamates (subject to hydrolysis) is 1. The van der Waals surface area contributed by atoms with Gasteiger partial charge in [-0.1, -0.05) is 31.2 Å². The summed E-state index contributed by atoms with van der Waals surface area (Å²) < 4.78 is 5.26. The van der Waals surface area contributed by atoms with Crippen LogP contribution in [0.15, 0.2) is 24.3 Å². The first kappa shape index (κ1) is 15.5. The van der Waals surface area contributed by atoms with E-state index in [9.17, 15) is 4.79 Å². The molecule has 1 unspecified atom stereocenters. The predicted molar refractivity (Wildman–Crippen MR) is 77.0 cm³/mol. The van der Waals surface area contributed by atoms with Crippen LogP contribution in [0.4, 0.5) is 4.79 Å². The van der Waals surface area contributed by atoms with Crippen LogP contribution in [0.2, 0.25) is 0 Å². The highest BCUT2D eigenvalue weighted by Gasteiger charge is 2.20. The lowest BCUT2D eigenvalue weighted by molar-refractivity contribution is 0.0505. The van der Waals surface area contributed by atoms with E-state index in [1.165, 1.54) is 5.56 Å². The Morgan fingerprint density at radius 3 is 2.53 bits per heavy atom. The van der Waals surface area contributed by atoms with Gasteiger partial charge < -0.3 is 15.8 Å². The Balaban J connectivity index is 2.81. The maximum absolute atomic E-state index is 11.8. The fourth-order valence-electron chi connectivity index (χ4n) is 1.91. The number of ether oxygens (including phenoxy) is 1. The molecule has 0 fully saturated rings. The summed E-state index contributed by atoms with van der Waals surface area (Å²) in [5.41, 5.74) is 7.51. The van der Waals surface area contributed by atoms with Gasteiger partial charge in [0.15, 0.2) is 0 Å². The molecule has 0 bridgehead atoms. The number of aryl methyl sites for hydroxylation is 1. The SMILES string of the molecule is CCc1ccccc1C(CN)NC(=O)OC(C)(C)C. The highest BCUT2D eigenvalue weighted by molar-refractivity contribution is 5.68. The van der Waals surface area contributed by atoms with Crippen molar-refractivity contribution in [1.82, 2.24) is 5.32 Å². The molecule has 0 aliphatic carbocycles. The van der Waals surface area contributed by atoms with Gasteiger partial charge in [0, 0.05) is 6.54 Å². The Bertz CT molecular complexity index is 424. The quantitative estimate of drug-likeness (QED) is 0.879. The lowest BCUT2D eigenvalue weighted by Crippen LogP contribution is -2.38. The second-order valence-corrected chi connectivity index (χ2v) is 5.49. The molecule has 0 aliphatic rings. The topological polar surface area (TPSA) is 64.3 Å². The van der Waals surface area contributed by atoms with Gasteiger partial charge in [-0.3, -0.25) is 0 Å². The molecule has 1 amide bonds. The Labute approximate surface area is 115 Å². The molecule has 0 aromatic heterocycles. The number of benzene rings is 1. The number of hydrogen-bond acceptors (Lipinski definition) is 3. The highest BCUT2D eigenvalue weighted by atomic mass is 16.6. The molecule has 1 aromatic carbocycles. The van der Waals surface area contributed by atoms with Crippen molar-refractivity contribution >= 4 is 6.09 Å². The Morgan fingerprint density at radius 1 is 1.37 bits per heavy atom. The minimum Gasteiger partial charge on any atom is -0.444 e. The average Bonchev–Trinajstić information content (AvgIpc) is 2.33. The standard InChI is InChI=1S/C15H24N2O2/c1-5-11-8-6-7-9-12(11)13(10-16)17-14(18)19-15(2,3)4/h6-9,13H,5,10,16H2,1-4H3,(H,17,18). The second-order valence-electron chi connectivity index (χ2n) is 5.49. The van der Waals surface area contributed by atoms with E-state index in [1.807, 2.05) is 39.0 Å². The third-order valence-corrected chi connectivity index (χ3v) is 2.74. The summed E-state index contributed by atoms with van der Waals surface area (Å²) in [4.78, 5) is 11.8. The van der Waals surface area contributed by atoms with E-state index < -0.39 is 11.7 Å². The van der Waals surface area contributed by atoms with Crippen molar-refractivity contribution in [1.29, 1.82) is 0 Å². The van der Waals surface area contributed by atoms with E-state index >= 15 is 0 Å². The van der Waals surface area contributed by atoms with Gasteiger partial charge in [-0.15, -0.1) is 0 Å². The van der Waals surface area contributed by atoms with E-state index in [0.717, 1.165) is 12.0 Å². The van der Waals surface area contributed by atoms with Crippen LogP contribution < -0.4 is 11.1 Å². The Morgan fingerprint density at radius 2 is 2.00 bits per heavy atom. The molecular weight excluding hydrogens is 240 g/mol. The molecule has 1 rings (SSSR count). The monoisotopic (exact) mass is 264 g/mol. The van der Waals surface area contributed by atoms with Crippen LogP contribution in [0.3, 0.4) is 0 Å². The molecule has 106 valence electrons. The first-order valence-electron chi connectivity index (χ1n) is 6.64. The van der Waals surface area contributed by atoms with Gasteiger partial charge in [-0.2, -0.15) is 0 Å². The highest BCUT2D eigenvalue weighted by Crippen LogP contribution is 2.18. The molecular formula is C15H24N2O2. The van der Waals surface area contributed by atoms with Crippen molar-refractivity contribution in [2.24, 2.45) is 5.73 Å². The molecule has 4 nitrogen and oxygen atoms in total. The number of hydrogen-bond donors (Lipinski definition) is 2. The van der Waals surface area contributed by atoms with Crippen molar-refractivity contribution in [2.75, 3.05) is 6.54 Å². The van der Waals surface area contributed by atoms with Crippen LogP contribution in [-0.4, -0.2) is 18.2 Å². The van der Waals surface area contributed by atoms with Crippen molar-refractivity contribution in [2.45, 2.75) is 45.8 Å². The summed E-state index contributed by atoms with van der Waals surface area (Å²) in [5.74, 6) is 0. The van der Waals surface area contributed by atoms with E-state index in [2.05, 4.69) is 18.3 Å². The molecule has 3 N–H and O–H groups in total. The molecule has 0 spiro atoms. The van der Waals surface area contributed by atoms with Crippen molar-refractivity contribution in [3.8, 4) is 0 Å². The summed E-state index contributed by atoms with van der Waals surface area (Å²) >= 11 is 0. The van der Waals surface area contributed by atoms with Gasteiger partial charge in [0.1, 0.15) is 5.60 Å². The van der Waals surface area contributed by atoms with Gasteiger partial charge in [0.05, 0.1) is 6.04 Å². The van der Waals surface area contributed by atoms with Gasteiger partial charge in [-0.05, 0) is 38.3 Å². The maximum Gasteiger partial charge on any atom is 0.408 e. The smallest absolute Gasteiger partial charge is 0.408 e. The Hall–Kier alpha value is -1.55. The normalized spacial score (nSPS) is 12.9. The van der Waals surface area contributed by atoms with E-state index in [4.69, 9.17) is 10.5 Å². The number of nitrogens with one attached hydrogen (secondary N) is 1. The van der Waals surface area contributed by atoms with Crippen LogP contribution in [0, 0.1) is 0 Å². The van der Waals surface area contributed by atoms with Crippen molar-refractivity contribution < 1.29 is 9.53 Å². The molecule has 0 saturated carbocycles. The number of rotatable bonds is 4. The molecule has 1 aromatic rings. The zero-order valence-corrected chi connectivity index (χ0v) is 12.2. The van der Waals surface area contributed by atoms with Crippen LogP contribution >= 0.6 is 0 Å². The third-order valence-electron chi connectivity index (χ3n) is 2.74. The molecule has 0 radical (unpaired) electrons. The molecule has 1 atom stereocenters. The van der Waals surface area contributed by atoms with Crippen LogP contribution in [0.5, 0.6) is 0 Å². The van der Waals surface area contributed by atoms with Gasteiger partial charge in [-0.25, -0.2) is 4.79 Å². The van der Waals surface area contributed by atoms with E-state index in [-0.39, 0.29) is 6.04 Å². The van der Waals surface area contributed by atoms with Gasteiger partial charge >= 0.3 is 6.09 Å². The van der Waals surface area contributed by atoms with Gasteiger partial charge in [0.2, 0.25) is 0 Å². The van der Waals surface area contributed by atoms with Crippen molar-refractivity contribution in [3.63, 3.8) is 0 Å². The molecule has 0 saturated heterocycles. The summed E-state index contributed by atoms with van der Waals surface area (Å²) in [6.07, 6.45) is 0.469. The van der Waals surface area contributed by atoms with E-state index in [0.29, 0.717) is 6.54 Å². The average molecular weight is 264 g/mol. The lowest BCUT2D eigenvalue weighted by atomic mass is 9.99. The second kappa shape index (κ2) is 6.57. The number of nitrogens with two attached hydrogens (primary N) is 1. The van der Waals surface area contributed by atoms with Crippen LogP contribution in [0.25, 0.3) is 0 Å². The third kappa shape index (κ3) is 4.91. The molecule has 0 heterocycles. The lowest BCUT2D eigenvalue weighted by Gasteiger charge is -2.24. The van der Waals surface area contributed by atoms with E-state index in [1.54, 1.807) is 0 Å². The summed E-state index contributed by atoms with van der Waals surface area (Å²) in [6, 6.07) is 7.77. The summed E-state index contributed by atoms with van der Waals surface area (Å²) in [5, 5.41) is 2.83. The van der Waals surface area contributed by atoms with Crippen LogP contribution in [-0.2, 0) is 11.2 Å². The summed E-state index contributed by atoms with van der Waals surface area (Å²) in [7, 11) is 0.